The zero-order valence-corrected chi connectivity index (χ0v) is 14.5. The van der Waals surface area contributed by atoms with Gasteiger partial charge in [0.2, 0.25) is 6.79 Å². The molecule has 1 aromatic carbocycles. The van der Waals surface area contributed by atoms with Gasteiger partial charge in [0.25, 0.3) is 0 Å². The lowest BCUT2D eigenvalue weighted by Gasteiger charge is -2.19. The summed E-state index contributed by atoms with van der Waals surface area (Å²) in [4.78, 5) is 4.33. The summed E-state index contributed by atoms with van der Waals surface area (Å²) in [6, 6.07) is 10.4. The molecule has 0 atom stereocenters. The number of aliphatic imine (C=N–C) groups is 1. The van der Waals surface area contributed by atoms with Crippen LogP contribution in [-0.2, 0) is 12.0 Å². The highest BCUT2D eigenvalue weighted by atomic mass is 16.7. The van der Waals surface area contributed by atoms with Gasteiger partial charge < -0.3 is 24.7 Å². The molecule has 0 unspecified atom stereocenters. The SMILES string of the molecule is CN=C(NCCn1cccc1)NCC1(c2ccc3c(c2)OCO3)CC1. The Balaban J connectivity index is 1.32. The van der Waals surface area contributed by atoms with Gasteiger partial charge in [-0.3, -0.25) is 4.99 Å². The van der Waals surface area contributed by atoms with Gasteiger partial charge in [0.15, 0.2) is 17.5 Å². The van der Waals surface area contributed by atoms with Crippen molar-refractivity contribution in [3.05, 3.63) is 48.3 Å². The zero-order chi connectivity index (χ0) is 17.1. The van der Waals surface area contributed by atoms with E-state index in [1.165, 1.54) is 18.4 Å². The summed E-state index contributed by atoms with van der Waals surface area (Å²) >= 11 is 0. The Hall–Kier alpha value is -2.63. The smallest absolute Gasteiger partial charge is 0.231 e. The van der Waals surface area contributed by atoms with Crippen LogP contribution in [0, 0.1) is 0 Å². The first-order chi connectivity index (χ1) is 12.3. The molecule has 4 rings (SSSR count). The molecule has 0 bridgehead atoms. The summed E-state index contributed by atoms with van der Waals surface area (Å²) in [7, 11) is 1.81. The first kappa shape index (κ1) is 15.9. The molecule has 0 spiro atoms. The topological polar surface area (TPSA) is 59.8 Å². The summed E-state index contributed by atoms with van der Waals surface area (Å²) in [5.41, 5.74) is 1.49. The van der Waals surface area contributed by atoms with Gasteiger partial charge in [0, 0.05) is 44.5 Å². The standard InChI is InChI=1S/C19H24N4O2/c1-20-18(21-8-11-23-9-2-3-10-23)22-13-19(6-7-19)15-4-5-16-17(12-15)25-14-24-16/h2-5,9-10,12H,6-8,11,13-14H2,1H3,(H2,20,21,22). The first-order valence-electron chi connectivity index (χ1n) is 8.74. The number of hydrogen-bond donors (Lipinski definition) is 2. The third-order valence-corrected chi connectivity index (χ3v) is 4.98. The van der Waals surface area contributed by atoms with E-state index in [1.807, 2.05) is 25.2 Å². The molecule has 1 aliphatic carbocycles. The van der Waals surface area contributed by atoms with Crippen molar-refractivity contribution in [1.82, 2.24) is 15.2 Å². The van der Waals surface area contributed by atoms with Crippen LogP contribution in [-0.4, -0.2) is 37.5 Å². The molecule has 2 heterocycles. The van der Waals surface area contributed by atoms with E-state index in [4.69, 9.17) is 9.47 Å². The predicted molar refractivity (Wildman–Crippen MR) is 97.3 cm³/mol. The monoisotopic (exact) mass is 340 g/mol. The molecule has 2 N–H and O–H groups in total. The van der Waals surface area contributed by atoms with Crippen LogP contribution in [0.3, 0.4) is 0 Å². The molecule has 0 saturated heterocycles. The summed E-state index contributed by atoms with van der Waals surface area (Å²) in [6.45, 7) is 2.95. The lowest BCUT2D eigenvalue weighted by atomic mass is 9.95. The molecule has 132 valence electrons. The average molecular weight is 340 g/mol. The van der Waals surface area contributed by atoms with E-state index in [9.17, 15) is 0 Å². The molecule has 1 fully saturated rings. The number of fused-ring (bicyclic) bond motifs is 1. The molecular formula is C19H24N4O2. The van der Waals surface area contributed by atoms with Gasteiger partial charge in [-0.2, -0.15) is 0 Å². The van der Waals surface area contributed by atoms with Crippen molar-refractivity contribution in [2.75, 3.05) is 26.9 Å². The molecule has 25 heavy (non-hydrogen) atoms. The number of nitrogens with one attached hydrogen (secondary N) is 2. The van der Waals surface area contributed by atoms with Crippen LogP contribution in [0.2, 0.25) is 0 Å². The van der Waals surface area contributed by atoms with Crippen LogP contribution in [0.4, 0.5) is 0 Å². The van der Waals surface area contributed by atoms with E-state index >= 15 is 0 Å². The Morgan fingerprint density at radius 1 is 1.16 bits per heavy atom. The van der Waals surface area contributed by atoms with Crippen molar-refractivity contribution in [2.24, 2.45) is 4.99 Å². The number of rotatable bonds is 6. The van der Waals surface area contributed by atoms with E-state index < -0.39 is 0 Å². The number of benzene rings is 1. The minimum absolute atomic E-state index is 0.180. The Kier molecular flexibility index (Phi) is 4.26. The van der Waals surface area contributed by atoms with Gasteiger partial charge in [0.05, 0.1) is 0 Å². The Bertz CT molecular complexity index is 751. The molecule has 0 radical (unpaired) electrons. The van der Waals surface area contributed by atoms with Crippen LogP contribution in [0.15, 0.2) is 47.7 Å². The minimum atomic E-state index is 0.180. The van der Waals surface area contributed by atoms with Gasteiger partial charge in [-0.1, -0.05) is 6.07 Å². The molecule has 1 aliphatic heterocycles. The zero-order valence-electron chi connectivity index (χ0n) is 14.5. The second-order valence-electron chi connectivity index (χ2n) is 6.62. The summed E-state index contributed by atoms with van der Waals surface area (Å²) in [6.07, 6.45) is 6.49. The maximum absolute atomic E-state index is 5.52. The maximum atomic E-state index is 5.52. The maximum Gasteiger partial charge on any atom is 0.231 e. The highest BCUT2D eigenvalue weighted by Crippen LogP contribution is 2.49. The predicted octanol–water partition coefficient (Wildman–Crippen LogP) is 2.11. The van der Waals surface area contributed by atoms with Crippen molar-refractivity contribution in [1.29, 1.82) is 0 Å². The van der Waals surface area contributed by atoms with Crippen LogP contribution >= 0.6 is 0 Å². The fourth-order valence-corrected chi connectivity index (χ4v) is 3.24. The lowest BCUT2D eigenvalue weighted by molar-refractivity contribution is 0.174. The molecule has 6 heteroatoms. The molecule has 0 amide bonds. The average Bonchev–Trinajstić information content (AvgIpc) is 3.04. The lowest BCUT2D eigenvalue weighted by Crippen LogP contribution is -2.42. The second-order valence-corrected chi connectivity index (χ2v) is 6.62. The summed E-state index contributed by atoms with van der Waals surface area (Å²) < 4.78 is 13.1. The fourth-order valence-electron chi connectivity index (χ4n) is 3.24. The van der Waals surface area contributed by atoms with Crippen molar-refractivity contribution in [3.63, 3.8) is 0 Å². The number of hydrogen-bond acceptors (Lipinski definition) is 3. The minimum Gasteiger partial charge on any atom is -0.454 e. The van der Waals surface area contributed by atoms with Gasteiger partial charge in [-0.15, -0.1) is 0 Å². The van der Waals surface area contributed by atoms with Crippen LogP contribution < -0.4 is 20.1 Å². The van der Waals surface area contributed by atoms with Gasteiger partial charge in [0.1, 0.15) is 0 Å². The highest BCUT2D eigenvalue weighted by Gasteiger charge is 2.44. The quantitative estimate of drug-likeness (QED) is 0.625. The highest BCUT2D eigenvalue weighted by molar-refractivity contribution is 5.79. The third kappa shape index (κ3) is 3.43. The first-order valence-corrected chi connectivity index (χ1v) is 8.74. The van der Waals surface area contributed by atoms with Gasteiger partial charge >= 0.3 is 0 Å². The molecule has 6 nitrogen and oxygen atoms in total. The Labute approximate surface area is 147 Å². The normalized spacial score (nSPS) is 17.4. The molecule has 2 aliphatic rings. The molecule has 2 aromatic rings. The summed E-state index contributed by atoms with van der Waals surface area (Å²) in [5, 5.41) is 6.85. The summed E-state index contributed by atoms with van der Waals surface area (Å²) in [5.74, 6) is 2.55. The van der Waals surface area contributed by atoms with E-state index in [0.29, 0.717) is 6.79 Å². The van der Waals surface area contributed by atoms with Crippen LogP contribution in [0.5, 0.6) is 11.5 Å². The number of nitrogens with zero attached hydrogens (tertiary/aromatic N) is 2. The Morgan fingerprint density at radius 2 is 1.96 bits per heavy atom. The van der Waals surface area contributed by atoms with E-state index in [1.54, 1.807) is 0 Å². The van der Waals surface area contributed by atoms with Crippen molar-refractivity contribution in [2.45, 2.75) is 24.8 Å². The second kappa shape index (κ2) is 6.70. The number of ether oxygens (including phenoxy) is 2. The van der Waals surface area contributed by atoms with Crippen molar-refractivity contribution in [3.8, 4) is 11.5 Å². The third-order valence-electron chi connectivity index (χ3n) is 4.98. The molecule has 1 saturated carbocycles. The molecule has 1 aromatic heterocycles. The molecular weight excluding hydrogens is 316 g/mol. The van der Waals surface area contributed by atoms with E-state index in [0.717, 1.165) is 37.1 Å². The van der Waals surface area contributed by atoms with Crippen molar-refractivity contribution < 1.29 is 9.47 Å². The fraction of sp³-hybridized carbons (Fsp3) is 0.421. The number of aromatic nitrogens is 1. The largest absolute Gasteiger partial charge is 0.454 e. The van der Waals surface area contributed by atoms with Gasteiger partial charge in [-0.25, -0.2) is 0 Å². The number of guanidine groups is 1. The van der Waals surface area contributed by atoms with Gasteiger partial charge in [-0.05, 0) is 42.7 Å². The van der Waals surface area contributed by atoms with Crippen molar-refractivity contribution >= 4 is 5.96 Å². The van der Waals surface area contributed by atoms with Crippen LogP contribution in [0.25, 0.3) is 0 Å². The van der Waals surface area contributed by atoms with Crippen LogP contribution in [0.1, 0.15) is 18.4 Å². The van der Waals surface area contributed by atoms with E-state index in [-0.39, 0.29) is 5.41 Å². The Morgan fingerprint density at radius 3 is 2.72 bits per heavy atom. The van der Waals surface area contributed by atoms with E-state index in [2.05, 4.69) is 44.7 Å².